The molecule has 5 aromatic rings. The van der Waals surface area contributed by atoms with Gasteiger partial charge in [0.2, 0.25) is 0 Å². The average molecular weight is 609 g/mol. The number of anilines is 1. The summed E-state index contributed by atoms with van der Waals surface area (Å²) in [6.07, 6.45) is 6.09. The first-order valence-electron chi connectivity index (χ1n) is 16.3. The van der Waals surface area contributed by atoms with Crippen molar-refractivity contribution in [1.82, 2.24) is 19.9 Å². The molecule has 3 aromatic carbocycles. The monoisotopic (exact) mass is 608 g/mol. The Labute approximate surface area is 268 Å². The van der Waals surface area contributed by atoms with Crippen molar-refractivity contribution in [3.63, 3.8) is 0 Å². The summed E-state index contributed by atoms with van der Waals surface area (Å²) >= 11 is 0. The Kier molecular flexibility index (Phi) is 7.26. The Morgan fingerprint density at radius 2 is 1.87 bits per heavy atom. The molecule has 1 N–H and O–H groups in total. The minimum absolute atomic E-state index is 0.0412. The van der Waals surface area contributed by atoms with E-state index in [4.69, 9.17) is 9.72 Å². The first kappa shape index (κ1) is 28.5. The molecule has 8 rings (SSSR count). The molecule has 1 amide bonds. The Morgan fingerprint density at radius 1 is 1.00 bits per heavy atom. The number of aromatic amines is 1. The third-order valence-electron chi connectivity index (χ3n) is 9.74. The molecular formula is C38H36N6O2. The second-order valence-corrected chi connectivity index (χ2v) is 12.9. The number of likely N-dealkylation sites (tertiary alicyclic amines) is 1. The lowest BCUT2D eigenvalue weighted by molar-refractivity contribution is 0.0989. The fourth-order valence-electron chi connectivity index (χ4n) is 7.06. The normalized spacial score (nSPS) is 18.6. The summed E-state index contributed by atoms with van der Waals surface area (Å²) in [4.78, 5) is 30.9. The average Bonchev–Trinajstić information content (AvgIpc) is 3.87. The van der Waals surface area contributed by atoms with Crippen LogP contribution >= 0.6 is 0 Å². The van der Waals surface area contributed by atoms with E-state index in [2.05, 4.69) is 76.4 Å². The van der Waals surface area contributed by atoms with E-state index >= 15 is 0 Å². The van der Waals surface area contributed by atoms with Gasteiger partial charge in [-0.2, -0.15) is 5.26 Å². The summed E-state index contributed by atoms with van der Waals surface area (Å²) < 4.78 is 6.10. The first-order valence-corrected chi connectivity index (χ1v) is 16.3. The van der Waals surface area contributed by atoms with Crippen LogP contribution in [0.15, 0.2) is 73.1 Å². The van der Waals surface area contributed by atoms with Crippen molar-refractivity contribution in [3.05, 3.63) is 95.3 Å². The molecule has 8 nitrogen and oxygen atoms in total. The van der Waals surface area contributed by atoms with Gasteiger partial charge in [0.15, 0.2) is 0 Å². The number of amides is 1. The van der Waals surface area contributed by atoms with Crippen LogP contribution in [0.25, 0.3) is 33.5 Å². The minimum Gasteiger partial charge on any atom is -0.491 e. The van der Waals surface area contributed by atoms with Crippen molar-refractivity contribution in [1.29, 1.82) is 5.26 Å². The van der Waals surface area contributed by atoms with E-state index in [9.17, 15) is 10.1 Å². The molecule has 2 aromatic heterocycles. The zero-order chi connectivity index (χ0) is 31.2. The second kappa shape index (κ2) is 11.7. The standard InChI is InChI=1S/C38H36N6O2/c1-24-30(5-2-6-34(24)44-16-17-46-35-18-29(27-11-12-27)13-14-31(35)38(44)45)36-32-19-33(42-37(32)41-23-40-36)28-9-7-25(8-10-28)21-43-15-3-4-26(20-39)22-43/h2,5-10,13-14,18-19,23,26-27H,3-4,11-12,15-17,21-22H2,1H3,(H,40,41,42). The van der Waals surface area contributed by atoms with Gasteiger partial charge in [0.05, 0.1) is 29.8 Å². The maximum absolute atomic E-state index is 13.9. The van der Waals surface area contributed by atoms with Gasteiger partial charge >= 0.3 is 0 Å². The van der Waals surface area contributed by atoms with E-state index in [1.165, 1.54) is 24.0 Å². The smallest absolute Gasteiger partial charge is 0.262 e. The number of hydrogen-bond donors (Lipinski definition) is 1. The van der Waals surface area contributed by atoms with Crippen LogP contribution in [-0.4, -0.2) is 52.0 Å². The predicted octanol–water partition coefficient (Wildman–Crippen LogP) is 7.25. The topological polar surface area (TPSA) is 98.1 Å². The van der Waals surface area contributed by atoms with Crippen molar-refractivity contribution >= 4 is 22.6 Å². The number of H-pyrrole nitrogens is 1. The fourth-order valence-corrected chi connectivity index (χ4v) is 7.06. The molecular weight excluding hydrogens is 572 g/mol. The Morgan fingerprint density at radius 3 is 2.70 bits per heavy atom. The van der Waals surface area contributed by atoms with Crippen molar-refractivity contribution in [2.75, 3.05) is 31.1 Å². The second-order valence-electron chi connectivity index (χ2n) is 12.9. The third-order valence-corrected chi connectivity index (χ3v) is 9.74. The zero-order valence-electron chi connectivity index (χ0n) is 26.0. The summed E-state index contributed by atoms with van der Waals surface area (Å²) in [6, 6.07) is 25.3. The van der Waals surface area contributed by atoms with Gasteiger partial charge in [0.1, 0.15) is 24.3 Å². The number of carbonyl (C=O) groups excluding carboxylic acids is 1. The quantitative estimate of drug-likeness (QED) is 0.218. The van der Waals surface area contributed by atoms with Gasteiger partial charge in [-0.1, -0.05) is 42.5 Å². The van der Waals surface area contributed by atoms with Gasteiger partial charge in [-0.15, -0.1) is 0 Å². The predicted molar refractivity (Wildman–Crippen MR) is 179 cm³/mol. The molecule has 3 aliphatic rings. The van der Waals surface area contributed by atoms with E-state index in [-0.39, 0.29) is 11.8 Å². The number of hydrogen-bond acceptors (Lipinski definition) is 6. The fraction of sp³-hybridized carbons (Fsp3) is 0.316. The molecule has 2 aliphatic heterocycles. The maximum atomic E-state index is 13.9. The van der Waals surface area contributed by atoms with E-state index in [0.717, 1.165) is 77.3 Å². The van der Waals surface area contributed by atoms with Gasteiger partial charge in [-0.05, 0) is 91.6 Å². The van der Waals surface area contributed by atoms with Crippen molar-refractivity contribution in [3.8, 4) is 34.3 Å². The van der Waals surface area contributed by atoms with Gasteiger partial charge in [0.25, 0.3) is 5.91 Å². The van der Waals surface area contributed by atoms with Gasteiger partial charge in [-0.25, -0.2) is 9.97 Å². The lowest BCUT2D eigenvalue weighted by atomic mass is 9.99. The Balaban J connectivity index is 1.07. The van der Waals surface area contributed by atoms with Crippen LogP contribution < -0.4 is 9.64 Å². The summed E-state index contributed by atoms with van der Waals surface area (Å²) in [5, 5.41) is 10.3. The number of nitrogens with one attached hydrogen (secondary N) is 1. The molecule has 0 spiro atoms. The minimum atomic E-state index is -0.0412. The molecule has 230 valence electrons. The molecule has 8 heteroatoms. The summed E-state index contributed by atoms with van der Waals surface area (Å²) in [5.74, 6) is 1.38. The van der Waals surface area contributed by atoms with Gasteiger partial charge in [0, 0.05) is 35.4 Å². The lowest BCUT2D eigenvalue weighted by Crippen LogP contribution is -2.34. The number of benzene rings is 3. The molecule has 46 heavy (non-hydrogen) atoms. The van der Waals surface area contributed by atoms with Crippen molar-refractivity contribution in [2.45, 2.75) is 45.1 Å². The number of fused-ring (bicyclic) bond motifs is 2. The SMILES string of the molecule is Cc1c(-c2ncnc3[nH]c(-c4ccc(CN5CCCC(C#N)C5)cc4)cc23)cccc1N1CCOc2cc(C3CC3)ccc2C1=O. The number of aromatic nitrogens is 3. The first-order chi connectivity index (χ1) is 22.6. The van der Waals surface area contributed by atoms with Gasteiger partial charge in [-0.3, -0.25) is 9.69 Å². The van der Waals surface area contributed by atoms with Crippen LogP contribution in [-0.2, 0) is 6.54 Å². The zero-order valence-corrected chi connectivity index (χ0v) is 26.0. The highest BCUT2D eigenvalue weighted by Gasteiger charge is 2.30. The van der Waals surface area contributed by atoms with E-state index in [1.54, 1.807) is 6.33 Å². The van der Waals surface area contributed by atoms with Crippen LogP contribution in [0.4, 0.5) is 5.69 Å². The summed E-state index contributed by atoms with van der Waals surface area (Å²) in [7, 11) is 0. The van der Waals surface area contributed by atoms with Crippen molar-refractivity contribution < 1.29 is 9.53 Å². The number of nitriles is 1. The Hall–Kier alpha value is -5.00. The summed E-state index contributed by atoms with van der Waals surface area (Å²) in [6.45, 7) is 5.70. The molecule has 4 heterocycles. The summed E-state index contributed by atoms with van der Waals surface area (Å²) in [5.41, 5.74) is 9.57. The molecule has 0 radical (unpaired) electrons. The number of carbonyl (C=O) groups is 1. The molecule has 2 fully saturated rings. The Bertz CT molecular complexity index is 1990. The van der Waals surface area contributed by atoms with Crippen LogP contribution in [0.1, 0.15) is 58.6 Å². The largest absolute Gasteiger partial charge is 0.491 e. The molecule has 1 atom stereocenters. The van der Waals surface area contributed by atoms with Crippen LogP contribution in [0.5, 0.6) is 5.75 Å². The van der Waals surface area contributed by atoms with Gasteiger partial charge < -0.3 is 14.6 Å². The van der Waals surface area contributed by atoms with E-state index in [1.807, 2.05) is 23.1 Å². The van der Waals surface area contributed by atoms with E-state index in [0.29, 0.717) is 30.4 Å². The molecule has 0 bridgehead atoms. The van der Waals surface area contributed by atoms with Crippen LogP contribution in [0.2, 0.25) is 0 Å². The highest BCUT2D eigenvalue weighted by Crippen LogP contribution is 2.42. The van der Waals surface area contributed by atoms with Crippen LogP contribution in [0, 0.1) is 24.2 Å². The number of ether oxygens (including phenoxy) is 1. The lowest BCUT2D eigenvalue weighted by Gasteiger charge is -2.29. The van der Waals surface area contributed by atoms with E-state index < -0.39 is 0 Å². The molecule has 1 saturated heterocycles. The third kappa shape index (κ3) is 5.31. The maximum Gasteiger partial charge on any atom is 0.262 e. The number of piperidine rings is 1. The number of nitrogens with zero attached hydrogens (tertiary/aromatic N) is 5. The molecule has 1 saturated carbocycles. The highest BCUT2D eigenvalue weighted by atomic mass is 16.5. The van der Waals surface area contributed by atoms with Crippen LogP contribution in [0.3, 0.4) is 0 Å². The molecule has 1 aliphatic carbocycles. The highest BCUT2D eigenvalue weighted by molar-refractivity contribution is 6.09. The van der Waals surface area contributed by atoms with Crippen molar-refractivity contribution in [2.24, 2.45) is 5.92 Å². The number of rotatable bonds is 6. The molecule has 1 unspecified atom stereocenters.